The molecule has 1 aromatic carbocycles. The van der Waals surface area contributed by atoms with Crippen LogP contribution in [0, 0.1) is 0 Å². The Morgan fingerprint density at radius 2 is 2.16 bits per heavy atom. The summed E-state index contributed by atoms with van der Waals surface area (Å²) in [6.07, 6.45) is 3.29. The van der Waals surface area contributed by atoms with Gasteiger partial charge in [0.15, 0.2) is 0 Å². The van der Waals surface area contributed by atoms with Crippen molar-refractivity contribution in [3.8, 4) is 0 Å². The van der Waals surface area contributed by atoms with Crippen LogP contribution in [0.4, 0.5) is 5.69 Å². The zero-order valence-corrected chi connectivity index (χ0v) is 12.5. The van der Waals surface area contributed by atoms with Crippen LogP contribution in [0.1, 0.15) is 19.0 Å². The van der Waals surface area contributed by atoms with Crippen molar-refractivity contribution in [1.82, 2.24) is 12.5 Å². The van der Waals surface area contributed by atoms with Gasteiger partial charge in [-0.3, -0.25) is 0 Å². The predicted molar refractivity (Wildman–Crippen MR) is 78.5 cm³/mol. The number of hydrogen-bond donors (Lipinski definition) is 1. The molecule has 4 nitrogen and oxygen atoms in total. The van der Waals surface area contributed by atoms with Crippen molar-refractivity contribution < 1.29 is 0 Å². The van der Waals surface area contributed by atoms with Crippen molar-refractivity contribution in [3.63, 3.8) is 0 Å². The summed E-state index contributed by atoms with van der Waals surface area (Å²) in [6, 6.07) is 10.4. The fourth-order valence-corrected chi connectivity index (χ4v) is 3.36. The molecule has 2 heterocycles. The molecular formula is C14H16N4Se. The molecule has 1 N–H and O–H groups in total. The standard InChI is InChI=1S/C14H16N4Se/c1-2-8-18-9-4-5-11(18)10-15-12-6-3-7-13-14(12)17-19-16-13/h3-7,9,15H,2,8,10H2,1H3. The predicted octanol–water partition coefficient (Wildman–Crippen LogP) is 2.51. The van der Waals surface area contributed by atoms with E-state index in [0.717, 1.165) is 36.2 Å². The van der Waals surface area contributed by atoms with Gasteiger partial charge in [0.1, 0.15) is 0 Å². The molecule has 0 bridgehead atoms. The second-order valence-corrected chi connectivity index (χ2v) is 5.59. The molecule has 0 saturated heterocycles. The molecule has 19 heavy (non-hydrogen) atoms. The molecule has 0 aliphatic carbocycles. The molecular weight excluding hydrogens is 303 g/mol. The molecule has 0 radical (unpaired) electrons. The van der Waals surface area contributed by atoms with Gasteiger partial charge in [0.25, 0.3) is 0 Å². The van der Waals surface area contributed by atoms with Crippen LogP contribution in [0.5, 0.6) is 0 Å². The first-order valence-corrected chi connectivity index (χ1v) is 8.01. The summed E-state index contributed by atoms with van der Waals surface area (Å²) in [5, 5.41) is 3.48. The molecule has 3 aromatic rings. The monoisotopic (exact) mass is 320 g/mol. The fourth-order valence-electron chi connectivity index (χ4n) is 2.20. The Balaban J connectivity index is 1.78. The Morgan fingerprint density at radius 3 is 3.05 bits per heavy atom. The van der Waals surface area contributed by atoms with E-state index in [0.29, 0.717) is 0 Å². The summed E-state index contributed by atoms with van der Waals surface area (Å²) >= 11 is 0.0303. The number of rotatable bonds is 5. The molecule has 0 amide bonds. The second-order valence-electron chi connectivity index (χ2n) is 4.48. The van der Waals surface area contributed by atoms with E-state index < -0.39 is 0 Å². The van der Waals surface area contributed by atoms with Crippen LogP contribution in [-0.2, 0) is 13.1 Å². The Morgan fingerprint density at radius 1 is 1.21 bits per heavy atom. The average Bonchev–Trinajstić information content (AvgIpc) is 3.05. The number of aryl methyl sites for hydroxylation is 1. The SMILES string of the molecule is CCCn1cccc1CNc1cccc2n[se]nc12. The average molecular weight is 319 g/mol. The molecule has 0 saturated carbocycles. The Bertz CT molecular complexity index is 671. The van der Waals surface area contributed by atoms with Gasteiger partial charge in [-0.2, -0.15) is 0 Å². The molecule has 0 aliphatic heterocycles. The zero-order valence-electron chi connectivity index (χ0n) is 10.8. The van der Waals surface area contributed by atoms with Crippen LogP contribution in [0.15, 0.2) is 36.5 Å². The van der Waals surface area contributed by atoms with E-state index >= 15 is 0 Å². The summed E-state index contributed by atoms with van der Waals surface area (Å²) in [4.78, 5) is 0. The van der Waals surface area contributed by atoms with Gasteiger partial charge in [-0.1, -0.05) is 0 Å². The van der Waals surface area contributed by atoms with Gasteiger partial charge in [-0.05, 0) is 0 Å². The summed E-state index contributed by atoms with van der Waals surface area (Å²) in [6.45, 7) is 4.09. The van der Waals surface area contributed by atoms with Gasteiger partial charge in [-0.25, -0.2) is 0 Å². The number of aromatic nitrogens is 3. The molecule has 2 aromatic heterocycles. The topological polar surface area (TPSA) is 42.7 Å². The van der Waals surface area contributed by atoms with E-state index in [1.807, 2.05) is 12.1 Å². The summed E-state index contributed by atoms with van der Waals surface area (Å²) in [5.74, 6) is 0. The third-order valence-corrected chi connectivity index (χ3v) is 4.27. The molecule has 0 fully saturated rings. The Kier molecular flexibility index (Phi) is 3.67. The van der Waals surface area contributed by atoms with Gasteiger partial charge in [0, 0.05) is 0 Å². The second kappa shape index (κ2) is 5.59. The molecule has 0 spiro atoms. The summed E-state index contributed by atoms with van der Waals surface area (Å²) in [7, 11) is 0. The molecule has 0 unspecified atom stereocenters. The maximum absolute atomic E-state index is 4.48. The molecule has 98 valence electrons. The van der Waals surface area contributed by atoms with Crippen molar-refractivity contribution in [2.45, 2.75) is 26.4 Å². The summed E-state index contributed by atoms with van der Waals surface area (Å²) < 4.78 is 11.2. The minimum absolute atomic E-state index is 0.0303. The third-order valence-electron chi connectivity index (χ3n) is 3.13. The molecule has 0 atom stereocenters. The number of benzene rings is 1. The van der Waals surface area contributed by atoms with E-state index in [1.165, 1.54) is 5.69 Å². The first-order valence-electron chi connectivity index (χ1n) is 6.47. The molecule has 5 heteroatoms. The van der Waals surface area contributed by atoms with Crippen molar-refractivity contribution in [3.05, 3.63) is 42.2 Å². The van der Waals surface area contributed by atoms with Crippen LogP contribution < -0.4 is 5.32 Å². The van der Waals surface area contributed by atoms with Crippen LogP contribution >= 0.6 is 0 Å². The van der Waals surface area contributed by atoms with Crippen molar-refractivity contribution in [2.24, 2.45) is 0 Å². The van der Waals surface area contributed by atoms with Crippen LogP contribution in [0.2, 0.25) is 0 Å². The molecule has 3 rings (SSSR count). The minimum atomic E-state index is 0.0303. The first kappa shape index (κ1) is 12.5. The van der Waals surface area contributed by atoms with E-state index in [4.69, 9.17) is 0 Å². The van der Waals surface area contributed by atoms with Crippen LogP contribution in [0.25, 0.3) is 11.0 Å². The Labute approximate surface area is 118 Å². The Hall–Kier alpha value is -1.58. The number of nitrogens with one attached hydrogen (secondary N) is 1. The van der Waals surface area contributed by atoms with Gasteiger partial charge >= 0.3 is 118 Å². The normalized spacial score (nSPS) is 11.0. The van der Waals surface area contributed by atoms with Crippen LogP contribution in [0.3, 0.4) is 0 Å². The number of nitrogens with zero attached hydrogens (tertiary/aromatic N) is 3. The first-order chi connectivity index (χ1) is 9.38. The van der Waals surface area contributed by atoms with Crippen LogP contribution in [-0.4, -0.2) is 27.5 Å². The van der Waals surface area contributed by atoms with E-state index in [9.17, 15) is 0 Å². The van der Waals surface area contributed by atoms with Gasteiger partial charge in [0.2, 0.25) is 0 Å². The number of hydrogen-bond acceptors (Lipinski definition) is 3. The van der Waals surface area contributed by atoms with E-state index in [2.05, 4.69) is 49.2 Å². The molecule has 0 aliphatic rings. The van der Waals surface area contributed by atoms with E-state index in [1.54, 1.807) is 0 Å². The summed E-state index contributed by atoms with van der Waals surface area (Å²) in [5.41, 5.74) is 4.44. The van der Waals surface area contributed by atoms with Crippen molar-refractivity contribution >= 4 is 31.7 Å². The third kappa shape index (κ3) is 2.57. The van der Waals surface area contributed by atoms with Crippen molar-refractivity contribution in [2.75, 3.05) is 5.32 Å². The van der Waals surface area contributed by atoms with Gasteiger partial charge in [0.05, 0.1) is 0 Å². The zero-order chi connectivity index (χ0) is 13.1. The maximum atomic E-state index is 4.48. The quantitative estimate of drug-likeness (QED) is 0.735. The van der Waals surface area contributed by atoms with E-state index in [-0.39, 0.29) is 15.0 Å². The van der Waals surface area contributed by atoms with Gasteiger partial charge < -0.3 is 0 Å². The van der Waals surface area contributed by atoms with Crippen molar-refractivity contribution in [1.29, 1.82) is 0 Å². The number of anilines is 1. The van der Waals surface area contributed by atoms with Gasteiger partial charge in [-0.15, -0.1) is 0 Å². The fraction of sp³-hybridized carbons (Fsp3) is 0.286. The number of fused-ring (bicyclic) bond motifs is 1.